The highest BCUT2D eigenvalue weighted by Gasteiger charge is 2.05. The number of aromatic nitrogens is 2. The van der Waals surface area contributed by atoms with Crippen molar-refractivity contribution in [3.63, 3.8) is 0 Å². The van der Waals surface area contributed by atoms with Gasteiger partial charge in [0, 0.05) is 10.2 Å². The summed E-state index contributed by atoms with van der Waals surface area (Å²) in [5, 5.41) is 3.53. The Morgan fingerprint density at radius 1 is 1.35 bits per heavy atom. The minimum absolute atomic E-state index is 0.184. The molecule has 17 heavy (non-hydrogen) atoms. The Hall–Kier alpha value is -1.33. The Bertz CT molecular complexity index is 539. The summed E-state index contributed by atoms with van der Waals surface area (Å²) < 4.78 is 0.984. The molecule has 0 aliphatic heterocycles. The first kappa shape index (κ1) is 12.1. The number of halogens is 2. The standard InChI is InChI=1S/C11H10BrClN4/c1-6-2-7(12)4-8(3-6)16-10-9(13)5-15-11(14)17-10/h2-5H,1H3,(H3,14,15,16,17). The number of hydrogen-bond donors (Lipinski definition) is 2. The van der Waals surface area contributed by atoms with Crippen molar-refractivity contribution in [1.82, 2.24) is 9.97 Å². The van der Waals surface area contributed by atoms with Gasteiger partial charge in [0.2, 0.25) is 5.95 Å². The predicted molar refractivity (Wildman–Crippen MR) is 73.6 cm³/mol. The molecule has 4 nitrogen and oxygen atoms in total. The summed E-state index contributed by atoms with van der Waals surface area (Å²) in [4.78, 5) is 7.84. The number of aryl methyl sites for hydroxylation is 1. The first-order valence-corrected chi connectivity index (χ1v) is 6.04. The fourth-order valence-electron chi connectivity index (χ4n) is 1.41. The van der Waals surface area contributed by atoms with Crippen molar-refractivity contribution in [1.29, 1.82) is 0 Å². The molecule has 0 amide bonds. The number of benzene rings is 1. The van der Waals surface area contributed by atoms with Crippen LogP contribution < -0.4 is 11.1 Å². The second kappa shape index (κ2) is 4.89. The highest BCUT2D eigenvalue weighted by Crippen LogP contribution is 2.25. The van der Waals surface area contributed by atoms with Crippen LogP contribution in [0.25, 0.3) is 0 Å². The van der Waals surface area contributed by atoms with Crippen molar-refractivity contribution in [2.75, 3.05) is 11.1 Å². The highest BCUT2D eigenvalue weighted by atomic mass is 79.9. The number of hydrogen-bond acceptors (Lipinski definition) is 4. The van der Waals surface area contributed by atoms with Crippen LogP contribution in [0, 0.1) is 6.92 Å². The Morgan fingerprint density at radius 2 is 2.12 bits per heavy atom. The van der Waals surface area contributed by atoms with Crippen molar-refractivity contribution in [2.24, 2.45) is 0 Å². The molecule has 0 aliphatic rings. The number of nitrogens with zero attached hydrogens (tertiary/aromatic N) is 2. The van der Waals surface area contributed by atoms with E-state index in [1.807, 2.05) is 25.1 Å². The summed E-state index contributed by atoms with van der Waals surface area (Å²) in [6.07, 6.45) is 1.47. The molecule has 88 valence electrons. The lowest BCUT2D eigenvalue weighted by Crippen LogP contribution is -2.00. The lowest BCUT2D eigenvalue weighted by Gasteiger charge is -2.08. The lowest BCUT2D eigenvalue weighted by atomic mass is 10.2. The predicted octanol–water partition coefficient (Wildman–Crippen LogP) is 3.53. The molecule has 3 N–H and O–H groups in total. The Morgan fingerprint density at radius 3 is 2.82 bits per heavy atom. The van der Waals surface area contributed by atoms with E-state index in [2.05, 4.69) is 31.2 Å². The molecule has 0 bridgehead atoms. The Kier molecular flexibility index (Phi) is 3.49. The molecule has 0 unspecified atom stereocenters. The number of nitrogens with one attached hydrogen (secondary N) is 1. The number of nitrogen functional groups attached to an aromatic ring is 1. The van der Waals surface area contributed by atoms with Crippen LogP contribution in [-0.2, 0) is 0 Å². The van der Waals surface area contributed by atoms with Crippen molar-refractivity contribution in [3.05, 3.63) is 39.5 Å². The molecule has 0 fully saturated rings. The summed E-state index contributed by atoms with van der Waals surface area (Å²) >= 11 is 9.40. The van der Waals surface area contributed by atoms with Gasteiger partial charge in [0.15, 0.2) is 5.82 Å². The van der Waals surface area contributed by atoms with E-state index in [-0.39, 0.29) is 5.95 Å². The van der Waals surface area contributed by atoms with E-state index in [0.717, 1.165) is 15.7 Å². The molecular formula is C11H10BrClN4. The highest BCUT2D eigenvalue weighted by molar-refractivity contribution is 9.10. The van der Waals surface area contributed by atoms with Crippen LogP contribution in [0.1, 0.15) is 5.56 Å². The topological polar surface area (TPSA) is 63.8 Å². The SMILES string of the molecule is Cc1cc(Br)cc(Nc2nc(N)ncc2Cl)c1. The van der Waals surface area contributed by atoms with E-state index in [1.54, 1.807) is 0 Å². The largest absolute Gasteiger partial charge is 0.368 e. The van der Waals surface area contributed by atoms with E-state index < -0.39 is 0 Å². The number of rotatable bonds is 2. The van der Waals surface area contributed by atoms with Gasteiger partial charge in [-0.15, -0.1) is 0 Å². The average Bonchev–Trinajstić information content (AvgIpc) is 2.22. The van der Waals surface area contributed by atoms with E-state index in [4.69, 9.17) is 17.3 Å². The average molecular weight is 314 g/mol. The molecule has 2 rings (SSSR count). The Balaban J connectivity index is 2.34. The van der Waals surface area contributed by atoms with Crippen LogP contribution in [0.5, 0.6) is 0 Å². The third kappa shape index (κ3) is 3.08. The first-order chi connectivity index (χ1) is 8.04. The molecule has 0 saturated heterocycles. The van der Waals surface area contributed by atoms with E-state index >= 15 is 0 Å². The molecule has 0 spiro atoms. The smallest absolute Gasteiger partial charge is 0.222 e. The maximum atomic E-state index is 5.97. The van der Waals surface area contributed by atoms with Crippen molar-refractivity contribution in [2.45, 2.75) is 6.92 Å². The summed E-state index contributed by atoms with van der Waals surface area (Å²) in [6.45, 7) is 2.01. The van der Waals surface area contributed by atoms with Crippen molar-refractivity contribution in [3.8, 4) is 0 Å². The van der Waals surface area contributed by atoms with Crippen molar-refractivity contribution < 1.29 is 0 Å². The normalized spacial score (nSPS) is 10.3. The second-order valence-corrected chi connectivity index (χ2v) is 4.89. The molecule has 2 aromatic rings. The minimum Gasteiger partial charge on any atom is -0.368 e. The van der Waals surface area contributed by atoms with Gasteiger partial charge in [0.25, 0.3) is 0 Å². The number of nitrogens with two attached hydrogens (primary N) is 1. The van der Waals surface area contributed by atoms with Crippen LogP contribution in [0.4, 0.5) is 17.5 Å². The Labute approximate surface area is 112 Å². The maximum absolute atomic E-state index is 5.97. The summed E-state index contributed by atoms with van der Waals surface area (Å²) in [6, 6.07) is 5.93. The van der Waals surface area contributed by atoms with Crippen LogP contribution in [-0.4, -0.2) is 9.97 Å². The second-order valence-electron chi connectivity index (χ2n) is 3.57. The first-order valence-electron chi connectivity index (χ1n) is 4.87. The monoisotopic (exact) mass is 312 g/mol. The molecule has 1 heterocycles. The summed E-state index contributed by atoms with van der Waals surface area (Å²) in [7, 11) is 0. The van der Waals surface area contributed by atoms with Crippen LogP contribution in [0.2, 0.25) is 5.02 Å². The molecule has 0 radical (unpaired) electrons. The lowest BCUT2D eigenvalue weighted by molar-refractivity contribution is 1.18. The molecule has 6 heteroatoms. The zero-order valence-electron chi connectivity index (χ0n) is 9.04. The van der Waals surface area contributed by atoms with Gasteiger partial charge in [0.05, 0.1) is 6.20 Å². The van der Waals surface area contributed by atoms with Gasteiger partial charge in [-0.1, -0.05) is 27.5 Å². The molecule has 1 aromatic carbocycles. The fraction of sp³-hybridized carbons (Fsp3) is 0.0909. The van der Waals surface area contributed by atoms with Gasteiger partial charge in [-0.2, -0.15) is 4.98 Å². The van der Waals surface area contributed by atoms with Gasteiger partial charge in [-0.05, 0) is 30.7 Å². The molecule has 0 saturated carbocycles. The van der Waals surface area contributed by atoms with Crippen LogP contribution in [0.3, 0.4) is 0 Å². The summed E-state index contributed by atoms with van der Waals surface area (Å²) in [5.74, 6) is 0.681. The molecule has 0 aliphatic carbocycles. The van der Waals surface area contributed by atoms with Crippen LogP contribution >= 0.6 is 27.5 Å². The van der Waals surface area contributed by atoms with Gasteiger partial charge >= 0.3 is 0 Å². The third-order valence-corrected chi connectivity index (χ3v) is 2.80. The van der Waals surface area contributed by atoms with Gasteiger partial charge in [0.1, 0.15) is 5.02 Å². The number of anilines is 3. The third-order valence-electron chi connectivity index (χ3n) is 2.07. The van der Waals surface area contributed by atoms with Crippen LogP contribution in [0.15, 0.2) is 28.9 Å². The van der Waals surface area contributed by atoms with Gasteiger partial charge in [-0.3, -0.25) is 0 Å². The fourth-order valence-corrected chi connectivity index (χ4v) is 2.16. The quantitative estimate of drug-likeness (QED) is 0.890. The van der Waals surface area contributed by atoms with Crippen molar-refractivity contribution >= 4 is 45.0 Å². The zero-order chi connectivity index (χ0) is 12.4. The van der Waals surface area contributed by atoms with Gasteiger partial charge < -0.3 is 11.1 Å². The molecule has 0 atom stereocenters. The maximum Gasteiger partial charge on any atom is 0.222 e. The molecule has 1 aromatic heterocycles. The minimum atomic E-state index is 0.184. The summed E-state index contributed by atoms with van der Waals surface area (Å²) in [5.41, 5.74) is 7.52. The van der Waals surface area contributed by atoms with Gasteiger partial charge in [-0.25, -0.2) is 4.98 Å². The van der Waals surface area contributed by atoms with E-state index in [0.29, 0.717) is 10.8 Å². The zero-order valence-corrected chi connectivity index (χ0v) is 11.4. The van der Waals surface area contributed by atoms with E-state index in [1.165, 1.54) is 6.20 Å². The molecular weight excluding hydrogens is 304 g/mol. The van der Waals surface area contributed by atoms with E-state index in [9.17, 15) is 0 Å².